The molecule has 1 saturated heterocycles. The fraction of sp³-hybridized carbons (Fsp3) is 0.417. The first kappa shape index (κ1) is 9.23. The lowest BCUT2D eigenvalue weighted by Crippen LogP contribution is -2.08. The SMILES string of the molecule is Cc1ccc([C@@H]2CNC[C@@H]2C#N)cc1. The maximum absolute atomic E-state index is 8.96. The molecular weight excluding hydrogens is 172 g/mol. The summed E-state index contributed by atoms with van der Waals surface area (Å²) in [6.45, 7) is 3.84. The number of rotatable bonds is 1. The average molecular weight is 186 g/mol. The molecule has 1 aromatic carbocycles. The van der Waals surface area contributed by atoms with E-state index in [-0.39, 0.29) is 5.92 Å². The fourth-order valence-corrected chi connectivity index (χ4v) is 1.98. The van der Waals surface area contributed by atoms with Crippen molar-refractivity contribution in [2.45, 2.75) is 12.8 Å². The largest absolute Gasteiger partial charge is 0.315 e. The maximum atomic E-state index is 8.96. The van der Waals surface area contributed by atoms with Gasteiger partial charge in [0.2, 0.25) is 0 Å². The van der Waals surface area contributed by atoms with Crippen LogP contribution in [-0.4, -0.2) is 13.1 Å². The van der Waals surface area contributed by atoms with Gasteiger partial charge in [-0.1, -0.05) is 29.8 Å². The number of nitrogens with zero attached hydrogens (tertiary/aromatic N) is 1. The number of nitriles is 1. The molecule has 72 valence electrons. The Labute approximate surface area is 84.6 Å². The Hall–Kier alpha value is -1.33. The Morgan fingerprint density at radius 3 is 2.64 bits per heavy atom. The molecule has 0 saturated carbocycles. The Morgan fingerprint density at radius 2 is 2.00 bits per heavy atom. The number of hydrogen-bond donors (Lipinski definition) is 1. The zero-order valence-corrected chi connectivity index (χ0v) is 8.33. The minimum absolute atomic E-state index is 0.137. The standard InChI is InChI=1S/C12H14N2/c1-9-2-4-10(5-3-9)12-8-14-7-11(12)6-13/h2-5,11-12,14H,7-8H2,1H3/t11-,12-/m0/s1. The number of nitrogens with one attached hydrogen (secondary N) is 1. The first-order chi connectivity index (χ1) is 6.81. The zero-order chi connectivity index (χ0) is 9.97. The summed E-state index contributed by atoms with van der Waals surface area (Å²) < 4.78 is 0. The first-order valence-corrected chi connectivity index (χ1v) is 4.98. The smallest absolute Gasteiger partial charge is 0.0676 e. The summed E-state index contributed by atoms with van der Waals surface area (Å²) >= 11 is 0. The monoisotopic (exact) mass is 186 g/mol. The number of benzene rings is 1. The van der Waals surface area contributed by atoms with E-state index in [0.717, 1.165) is 13.1 Å². The normalized spacial score (nSPS) is 26.0. The molecule has 0 unspecified atom stereocenters. The Bertz CT molecular complexity index is 348. The van der Waals surface area contributed by atoms with Crippen molar-refractivity contribution in [1.82, 2.24) is 5.32 Å². The van der Waals surface area contributed by atoms with E-state index in [9.17, 15) is 0 Å². The van der Waals surface area contributed by atoms with Crippen molar-refractivity contribution in [3.05, 3.63) is 35.4 Å². The van der Waals surface area contributed by atoms with Crippen LogP contribution in [0.5, 0.6) is 0 Å². The minimum Gasteiger partial charge on any atom is -0.315 e. The molecule has 1 aliphatic rings. The van der Waals surface area contributed by atoms with Gasteiger partial charge in [-0.3, -0.25) is 0 Å². The second kappa shape index (κ2) is 3.81. The van der Waals surface area contributed by atoms with Gasteiger partial charge in [0.15, 0.2) is 0 Å². The van der Waals surface area contributed by atoms with Gasteiger partial charge >= 0.3 is 0 Å². The highest BCUT2D eigenvalue weighted by Gasteiger charge is 2.27. The molecule has 2 rings (SSSR count). The van der Waals surface area contributed by atoms with Gasteiger partial charge in [0.1, 0.15) is 0 Å². The van der Waals surface area contributed by atoms with Crippen molar-refractivity contribution in [1.29, 1.82) is 5.26 Å². The molecule has 0 aliphatic carbocycles. The van der Waals surface area contributed by atoms with Crippen molar-refractivity contribution in [3.63, 3.8) is 0 Å². The molecule has 1 heterocycles. The van der Waals surface area contributed by atoms with Gasteiger partial charge < -0.3 is 5.32 Å². The topological polar surface area (TPSA) is 35.8 Å². The van der Waals surface area contributed by atoms with Gasteiger partial charge in [-0.2, -0.15) is 5.26 Å². The van der Waals surface area contributed by atoms with Gasteiger partial charge in [0.05, 0.1) is 12.0 Å². The molecular formula is C12H14N2. The van der Waals surface area contributed by atoms with Gasteiger partial charge in [0.25, 0.3) is 0 Å². The summed E-state index contributed by atoms with van der Waals surface area (Å²) in [6.07, 6.45) is 0. The summed E-state index contributed by atoms with van der Waals surface area (Å²) in [7, 11) is 0. The summed E-state index contributed by atoms with van der Waals surface area (Å²) in [5.74, 6) is 0.512. The predicted octanol–water partition coefficient (Wildman–Crippen LogP) is 1.82. The summed E-state index contributed by atoms with van der Waals surface area (Å²) in [6, 6.07) is 10.9. The quantitative estimate of drug-likeness (QED) is 0.726. The molecule has 2 atom stereocenters. The van der Waals surface area contributed by atoms with Crippen LogP contribution in [0.4, 0.5) is 0 Å². The van der Waals surface area contributed by atoms with Crippen LogP contribution in [0.2, 0.25) is 0 Å². The Morgan fingerprint density at radius 1 is 1.29 bits per heavy atom. The van der Waals surface area contributed by atoms with E-state index in [1.807, 2.05) is 0 Å². The molecule has 1 fully saturated rings. The van der Waals surface area contributed by atoms with Crippen LogP contribution in [0.25, 0.3) is 0 Å². The third kappa shape index (κ3) is 1.64. The molecule has 0 aromatic heterocycles. The van der Waals surface area contributed by atoms with Crippen LogP contribution in [0.3, 0.4) is 0 Å². The Kier molecular flexibility index (Phi) is 2.51. The van der Waals surface area contributed by atoms with Crippen LogP contribution >= 0.6 is 0 Å². The van der Waals surface area contributed by atoms with Gasteiger partial charge in [-0.25, -0.2) is 0 Å². The highest BCUT2D eigenvalue weighted by atomic mass is 14.9. The molecule has 1 N–H and O–H groups in total. The molecule has 0 amide bonds. The van der Waals surface area contributed by atoms with Crippen molar-refractivity contribution >= 4 is 0 Å². The van der Waals surface area contributed by atoms with Gasteiger partial charge in [-0.15, -0.1) is 0 Å². The molecule has 0 bridgehead atoms. The van der Waals surface area contributed by atoms with Crippen molar-refractivity contribution in [3.8, 4) is 6.07 Å². The van der Waals surface area contributed by atoms with Crippen LogP contribution in [0.15, 0.2) is 24.3 Å². The molecule has 0 spiro atoms. The number of aryl methyl sites for hydroxylation is 1. The van der Waals surface area contributed by atoms with Gasteiger partial charge in [-0.05, 0) is 12.5 Å². The molecule has 14 heavy (non-hydrogen) atoms. The number of hydrogen-bond acceptors (Lipinski definition) is 2. The molecule has 2 nitrogen and oxygen atoms in total. The summed E-state index contributed by atoms with van der Waals surface area (Å²) in [4.78, 5) is 0. The van der Waals surface area contributed by atoms with Crippen LogP contribution in [0.1, 0.15) is 17.0 Å². The maximum Gasteiger partial charge on any atom is 0.0676 e. The Balaban J connectivity index is 2.23. The summed E-state index contributed by atoms with van der Waals surface area (Å²) in [5, 5.41) is 12.2. The van der Waals surface area contributed by atoms with Crippen molar-refractivity contribution < 1.29 is 0 Å². The van der Waals surface area contributed by atoms with Gasteiger partial charge in [0, 0.05) is 19.0 Å². The van der Waals surface area contributed by atoms with Crippen LogP contribution in [0, 0.1) is 24.2 Å². The van der Waals surface area contributed by atoms with E-state index in [2.05, 4.69) is 42.6 Å². The lowest BCUT2D eigenvalue weighted by molar-refractivity contribution is 0.646. The fourth-order valence-electron chi connectivity index (χ4n) is 1.98. The highest BCUT2D eigenvalue weighted by molar-refractivity contribution is 5.27. The van der Waals surface area contributed by atoms with E-state index >= 15 is 0 Å². The van der Waals surface area contributed by atoms with E-state index in [4.69, 9.17) is 5.26 Å². The molecule has 1 aromatic rings. The summed E-state index contributed by atoms with van der Waals surface area (Å²) in [5.41, 5.74) is 2.56. The van der Waals surface area contributed by atoms with Crippen molar-refractivity contribution in [2.24, 2.45) is 5.92 Å². The van der Waals surface area contributed by atoms with E-state index in [1.54, 1.807) is 0 Å². The molecule has 0 radical (unpaired) electrons. The lowest BCUT2D eigenvalue weighted by atomic mass is 9.90. The minimum atomic E-state index is 0.137. The third-order valence-electron chi connectivity index (χ3n) is 2.89. The lowest BCUT2D eigenvalue weighted by Gasteiger charge is -2.12. The highest BCUT2D eigenvalue weighted by Crippen LogP contribution is 2.27. The second-order valence-corrected chi connectivity index (χ2v) is 3.91. The van der Waals surface area contributed by atoms with E-state index < -0.39 is 0 Å². The molecule has 2 heteroatoms. The molecule has 1 aliphatic heterocycles. The predicted molar refractivity (Wildman–Crippen MR) is 55.9 cm³/mol. The van der Waals surface area contributed by atoms with Crippen LogP contribution in [-0.2, 0) is 0 Å². The van der Waals surface area contributed by atoms with E-state index in [1.165, 1.54) is 11.1 Å². The van der Waals surface area contributed by atoms with Crippen LogP contribution < -0.4 is 5.32 Å². The third-order valence-corrected chi connectivity index (χ3v) is 2.89. The van der Waals surface area contributed by atoms with E-state index in [0.29, 0.717) is 5.92 Å². The first-order valence-electron chi connectivity index (χ1n) is 4.98. The average Bonchev–Trinajstić information content (AvgIpc) is 2.67. The van der Waals surface area contributed by atoms with Crippen molar-refractivity contribution in [2.75, 3.05) is 13.1 Å². The second-order valence-electron chi connectivity index (χ2n) is 3.91. The zero-order valence-electron chi connectivity index (χ0n) is 8.33.